The van der Waals surface area contributed by atoms with Crippen LogP contribution in [0.2, 0.25) is 0 Å². The van der Waals surface area contributed by atoms with Gasteiger partial charge < -0.3 is 14.6 Å². The Morgan fingerprint density at radius 1 is 1.20 bits per heavy atom. The van der Waals surface area contributed by atoms with Crippen LogP contribution >= 0.6 is 11.6 Å². The zero-order valence-electron chi connectivity index (χ0n) is 21.8. The topological polar surface area (TPSA) is 63.1 Å². The molecule has 5 nitrogen and oxygen atoms in total. The van der Waals surface area contributed by atoms with E-state index in [0.29, 0.717) is 12.0 Å². The summed E-state index contributed by atoms with van der Waals surface area (Å²) >= 11 is 6.61. The second-order valence-electron chi connectivity index (χ2n) is 9.92. The third-order valence-electron chi connectivity index (χ3n) is 6.98. The predicted octanol–water partition coefficient (Wildman–Crippen LogP) is 7.06. The Labute approximate surface area is 216 Å². The van der Waals surface area contributed by atoms with Gasteiger partial charge in [-0.3, -0.25) is 10.3 Å². The molecular formula is C29H43ClN2O3. The highest BCUT2D eigenvalue weighted by Gasteiger charge is 2.22. The van der Waals surface area contributed by atoms with Gasteiger partial charge in [-0.1, -0.05) is 36.7 Å². The van der Waals surface area contributed by atoms with Crippen LogP contribution < -0.4 is 10.1 Å². The SMILES string of the molecule is CCC(CCCC1=C(Cl)C=CCC(C2CCOC(C)CC2)=N1)Oc1ccc(C(C)NC(C)O)cc1. The van der Waals surface area contributed by atoms with Crippen LogP contribution in [0.3, 0.4) is 0 Å². The van der Waals surface area contributed by atoms with E-state index >= 15 is 0 Å². The highest BCUT2D eigenvalue weighted by atomic mass is 35.5. The van der Waals surface area contributed by atoms with Crippen molar-refractivity contribution in [3.63, 3.8) is 0 Å². The van der Waals surface area contributed by atoms with Gasteiger partial charge in [0.05, 0.1) is 22.9 Å². The number of nitrogens with zero attached hydrogens (tertiary/aromatic N) is 1. The first-order valence-corrected chi connectivity index (χ1v) is 13.7. The summed E-state index contributed by atoms with van der Waals surface area (Å²) in [6, 6.07) is 8.22. The minimum atomic E-state index is -0.539. The van der Waals surface area contributed by atoms with Crippen molar-refractivity contribution in [3.05, 3.63) is 52.7 Å². The molecule has 3 rings (SSSR count). The first-order chi connectivity index (χ1) is 16.9. The van der Waals surface area contributed by atoms with Gasteiger partial charge in [0, 0.05) is 24.8 Å². The number of rotatable bonds is 11. The summed E-state index contributed by atoms with van der Waals surface area (Å²) in [5.74, 6) is 1.36. The highest BCUT2D eigenvalue weighted by Crippen LogP contribution is 2.29. The molecule has 1 aromatic carbocycles. The van der Waals surface area contributed by atoms with E-state index in [2.05, 4.69) is 37.4 Å². The van der Waals surface area contributed by atoms with Gasteiger partial charge in [0.1, 0.15) is 12.0 Å². The average Bonchev–Trinajstić information content (AvgIpc) is 3.16. The van der Waals surface area contributed by atoms with Crippen LogP contribution in [-0.4, -0.2) is 35.9 Å². The number of aliphatic hydroxyl groups is 1. The zero-order chi connectivity index (χ0) is 25.2. The molecule has 5 atom stereocenters. The lowest BCUT2D eigenvalue weighted by molar-refractivity contribution is 0.0717. The molecule has 1 saturated heterocycles. The van der Waals surface area contributed by atoms with Gasteiger partial charge in [0.15, 0.2) is 0 Å². The van der Waals surface area contributed by atoms with Gasteiger partial charge in [-0.05, 0) is 95.4 Å². The van der Waals surface area contributed by atoms with Crippen molar-refractivity contribution >= 4 is 17.3 Å². The molecular weight excluding hydrogens is 460 g/mol. The van der Waals surface area contributed by atoms with Crippen LogP contribution in [0.4, 0.5) is 0 Å². The van der Waals surface area contributed by atoms with Gasteiger partial charge >= 0.3 is 0 Å². The Balaban J connectivity index is 1.54. The van der Waals surface area contributed by atoms with Crippen LogP contribution in [0.15, 0.2) is 52.1 Å². The summed E-state index contributed by atoms with van der Waals surface area (Å²) in [7, 11) is 0. The number of nitrogens with one attached hydrogen (secondary N) is 1. The van der Waals surface area contributed by atoms with Crippen molar-refractivity contribution in [1.82, 2.24) is 5.32 Å². The summed E-state index contributed by atoms with van der Waals surface area (Å²) in [6.07, 6.45) is 12.0. The fourth-order valence-corrected chi connectivity index (χ4v) is 5.05. The van der Waals surface area contributed by atoms with Crippen molar-refractivity contribution in [1.29, 1.82) is 0 Å². The van der Waals surface area contributed by atoms with E-state index < -0.39 is 6.23 Å². The lowest BCUT2D eigenvalue weighted by Gasteiger charge is -2.20. The van der Waals surface area contributed by atoms with Gasteiger partial charge in [-0.2, -0.15) is 0 Å². The lowest BCUT2D eigenvalue weighted by atomic mass is 9.92. The molecule has 0 saturated carbocycles. The van der Waals surface area contributed by atoms with Crippen molar-refractivity contribution in [2.75, 3.05) is 6.61 Å². The molecule has 0 spiro atoms. The van der Waals surface area contributed by atoms with E-state index in [1.807, 2.05) is 25.1 Å². The molecule has 0 aliphatic carbocycles. The second kappa shape index (κ2) is 14.2. The molecule has 2 aliphatic rings. The minimum absolute atomic E-state index is 0.0806. The molecule has 0 radical (unpaired) electrons. The zero-order valence-corrected chi connectivity index (χ0v) is 22.6. The Bertz CT molecular complexity index is 878. The summed E-state index contributed by atoms with van der Waals surface area (Å²) in [6.45, 7) is 8.91. The van der Waals surface area contributed by atoms with Crippen LogP contribution in [0.1, 0.15) is 90.7 Å². The molecule has 5 unspecified atom stereocenters. The van der Waals surface area contributed by atoms with E-state index in [-0.39, 0.29) is 12.1 Å². The first kappa shape index (κ1) is 27.9. The third-order valence-corrected chi connectivity index (χ3v) is 7.32. The summed E-state index contributed by atoms with van der Waals surface area (Å²) in [4.78, 5) is 5.08. The molecule has 2 aliphatic heterocycles. The Morgan fingerprint density at radius 2 is 1.97 bits per heavy atom. The molecule has 0 bridgehead atoms. The normalized spacial score (nSPS) is 23.8. The number of aliphatic hydroxyl groups excluding tert-OH is 1. The van der Waals surface area contributed by atoms with Gasteiger partial charge in [0.2, 0.25) is 0 Å². The smallest absolute Gasteiger partial charge is 0.119 e. The average molecular weight is 503 g/mol. The molecule has 0 aromatic heterocycles. The second-order valence-corrected chi connectivity index (χ2v) is 10.3. The summed E-state index contributed by atoms with van der Waals surface area (Å²) in [5, 5.41) is 13.4. The number of ether oxygens (including phenoxy) is 2. The Hall–Kier alpha value is -1.66. The van der Waals surface area contributed by atoms with E-state index in [0.717, 1.165) is 80.0 Å². The standard InChI is InChI=1S/C29H43ClN2O3/c1-5-25(35-26-16-14-23(15-17-26)21(3)31-22(4)33)8-6-11-29-27(30)9-7-10-28(32-29)24-13-12-20(2)34-19-18-24/h7,9,14-17,20-22,24-25,31,33H,5-6,8,10-13,18-19H2,1-4H3. The van der Waals surface area contributed by atoms with Gasteiger partial charge in [-0.25, -0.2) is 0 Å². The van der Waals surface area contributed by atoms with Crippen LogP contribution in [0, 0.1) is 5.92 Å². The van der Waals surface area contributed by atoms with Crippen LogP contribution in [0.25, 0.3) is 0 Å². The largest absolute Gasteiger partial charge is 0.490 e. The molecule has 194 valence electrons. The number of hydrogen-bond acceptors (Lipinski definition) is 5. The molecule has 0 amide bonds. The number of hydrogen-bond donors (Lipinski definition) is 2. The number of halogens is 1. The minimum Gasteiger partial charge on any atom is -0.490 e. The number of benzene rings is 1. The van der Waals surface area contributed by atoms with Crippen molar-refractivity contribution < 1.29 is 14.6 Å². The predicted molar refractivity (Wildman–Crippen MR) is 145 cm³/mol. The Morgan fingerprint density at radius 3 is 2.69 bits per heavy atom. The third kappa shape index (κ3) is 9.05. The molecule has 1 aromatic rings. The highest BCUT2D eigenvalue weighted by molar-refractivity contribution is 6.31. The van der Waals surface area contributed by atoms with Crippen LogP contribution in [0.5, 0.6) is 5.75 Å². The number of aliphatic imine (C=N–C) groups is 1. The molecule has 1 fully saturated rings. The summed E-state index contributed by atoms with van der Waals surface area (Å²) < 4.78 is 12.1. The van der Waals surface area contributed by atoms with Crippen molar-refractivity contribution in [3.8, 4) is 5.75 Å². The maximum Gasteiger partial charge on any atom is 0.119 e. The molecule has 2 heterocycles. The maximum atomic E-state index is 9.54. The maximum absolute atomic E-state index is 9.54. The fraction of sp³-hybridized carbons (Fsp3) is 0.621. The van der Waals surface area contributed by atoms with Crippen molar-refractivity contribution in [2.45, 2.75) is 104 Å². The van der Waals surface area contributed by atoms with Gasteiger partial charge in [0.25, 0.3) is 0 Å². The first-order valence-electron chi connectivity index (χ1n) is 13.3. The molecule has 6 heteroatoms. The molecule has 35 heavy (non-hydrogen) atoms. The van der Waals surface area contributed by atoms with Crippen LogP contribution in [-0.2, 0) is 4.74 Å². The van der Waals surface area contributed by atoms with E-state index in [1.54, 1.807) is 6.92 Å². The fourth-order valence-electron chi connectivity index (χ4n) is 4.82. The lowest BCUT2D eigenvalue weighted by Crippen LogP contribution is -2.28. The quantitative estimate of drug-likeness (QED) is 0.318. The number of allylic oxidation sites excluding steroid dienone is 4. The van der Waals surface area contributed by atoms with E-state index in [1.165, 1.54) is 5.71 Å². The Kier molecular flexibility index (Phi) is 11.3. The van der Waals surface area contributed by atoms with Gasteiger partial charge in [-0.15, -0.1) is 0 Å². The van der Waals surface area contributed by atoms with E-state index in [4.69, 9.17) is 26.1 Å². The monoisotopic (exact) mass is 502 g/mol. The summed E-state index contributed by atoms with van der Waals surface area (Å²) in [5.41, 5.74) is 3.39. The molecule has 2 N–H and O–H groups in total. The van der Waals surface area contributed by atoms with E-state index in [9.17, 15) is 5.11 Å². The van der Waals surface area contributed by atoms with Crippen molar-refractivity contribution in [2.24, 2.45) is 10.9 Å².